The Morgan fingerprint density at radius 2 is 1.68 bits per heavy atom. The molecule has 0 radical (unpaired) electrons. The lowest BCUT2D eigenvalue weighted by molar-refractivity contribution is -0.119. The number of rotatable bonds is 7. The van der Waals surface area contributed by atoms with Gasteiger partial charge in [-0.25, -0.2) is 13.2 Å². The van der Waals surface area contributed by atoms with E-state index < -0.39 is 34.3 Å². The second-order valence-corrected chi connectivity index (χ2v) is 10.00. The first-order valence-electron chi connectivity index (χ1n) is 11.1. The Morgan fingerprint density at radius 1 is 1.00 bits per heavy atom. The van der Waals surface area contributed by atoms with Gasteiger partial charge in [0.1, 0.15) is 11.3 Å². The molecule has 0 spiro atoms. The molecule has 2 aliphatic rings. The number of hydrogen-bond donors (Lipinski definition) is 2. The summed E-state index contributed by atoms with van der Waals surface area (Å²) in [5, 5.41) is 12.7. The van der Waals surface area contributed by atoms with Crippen molar-refractivity contribution in [3.05, 3.63) is 48.0 Å². The van der Waals surface area contributed by atoms with E-state index in [1.54, 1.807) is 12.1 Å². The van der Waals surface area contributed by atoms with Gasteiger partial charge in [0.2, 0.25) is 10.0 Å². The van der Waals surface area contributed by atoms with Crippen molar-refractivity contribution in [1.82, 2.24) is 4.31 Å². The minimum absolute atomic E-state index is 0.107. The lowest BCUT2D eigenvalue weighted by Crippen LogP contribution is -2.36. The average Bonchev–Trinajstić information content (AvgIpc) is 3.40. The number of esters is 1. The Labute approximate surface area is 198 Å². The molecule has 2 aromatic carbocycles. The number of benzene rings is 2. The van der Waals surface area contributed by atoms with Crippen LogP contribution in [0.4, 0.5) is 11.4 Å². The quantitative estimate of drug-likeness (QED) is 0.564. The van der Waals surface area contributed by atoms with Gasteiger partial charge in [-0.3, -0.25) is 4.79 Å². The highest BCUT2D eigenvalue weighted by Crippen LogP contribution is 2.26. The molecule has 0 aliphatic carbocycles. The highest BCUT2D eigenvalue weighted by Gasteiger charge is 2.29. The van der Waals surface area contributed by atoms with Gasteiger partial charge >= 0.3 is 5.97 Å². The van der Waals surface area contributed by atoms with Gasteiger partial charge in [0.25, 0.3) is 5.91 Å². The van der Waals surface area contributed by atoms with Crippen LogP contribution in [0.5, 0.6) is 5.75 Å². The van der Waals surface area contributed by atoms with Crippen LogP contribution in [0.15, 0.2) is 47.4 Å². The van der Waals surface area contributed by atoms with Crippen LogP contribution in [0, 0.1) is 0 Å². The number of hydrogen-bond acceptors (Lipinski definition) is 8. The van der Waals surface area contributed by atoms with Crippen LogP contribution in [-0.4, -0.2) is 75.7 Å². The van der Waals surface area contributed by atoms with E-state index in [9.17, 15) is 23.1 Å². The zero-order valence-electron chi connectivity index (χ0n) is 18.6. The molecule has 0 saturated carbocycles. The SMILES string of the molecule is O=C(COC(=O)c1cc(S(=O)(=O)N2CCCC2)ccc1O)Nc1ccc(N2CCOCC2)cc1. The first-order chi connectivity index (χ1) is 16.3. The van der Waals surface area contributed by atoms with Gasteiger partial charge in [-0.1, -0.05) is 0 Å². The number of carbonyl (C=O) groups is 2. The van der Waals surface area contributed by atoms with Gasteiger partial charge in [-0.05, 0) is 55.3 Å². The van der Waals surface area contributed by atoms with E-state index in [0.717, 1.165) is 43.8 Å². The number of ether oxygens (including phenoxy) is 2. The topological polar surface area (TPSA) is 125 Å². The summed E-state index contributed by atoms with van der Waals surface area (Å²) in [6, 6.07) is 10.7. The minimum atomic E-state index is -3.77. The number of morpholine rings is 1. The number of phenols is 1. The number of amides is 1. The number of anilines is 2. The predicted molar refractivity (Wildman–Crippen MR) is 124 cm³/mol. The summed E-state index contributed by atoms with van der Waals surface area (Å²) in [5.74, 6) is -1.98. The number of sulfonamides is 1. The fourth-order valence-electron chi connectivity index (χ4n) is 3.90. The third-order valence-electron chi connectivity index (χ3n) is 5.75. The molecular weight excluding hydrogens is 462 g/mol. The zero-order valence-corrected chi connectivity index (χ0v) is 19.4. The summed E-state index contributed by atoms with van der Waals surface area (Å²) >= 11 is 0. The highest BCUT2D eigenvalue weighted by atomic mass is 32.2. The number of nitrogens with zero attached hydrogens (tertiary/aromatic N) is 2. The van der Waals surface area contributed by atoms with E-state index >= 15 is 0 Å². The average molecular weight is 490 g/mol. The molecule has 2 aromatic rings. The molecule has 0 bridgehead atoms. The summed E-state index contributed by atoms with van der Waals surface area (Å²) in [6.07, 6.45) is 1.55. The van der Waals surface area contributed by atoms with Crippen molar-refractivity contribution in [2.24, 2.45) is 0 Å². The molecule has 4 rings (SSSR count). The molecule has 1 amide bonds. The Bertz CT molecular complexity index is 1140. The van der Waals surface area contributed by atoms with Gasteiger partial charge in [0.15, 0.2) is 6.61 Å². The fourth-order valence-corrected chi connectivity index (χ4v) is 5.44. The lowest BCUT2D eigenvalue weighted by Gasteiger charge is -2.28. The van der Waals surface area contributed by atoms with Crippen molar-refractivity contribution < 1.29 is 32.6 Å². The first kappa shape index (κ1) is 24.0. The number of phenolic OH excluding ortho intramolecular Hbond substituents is 1. The van der Waals surface area contributed by atoms with Crippen LogP contribution in [-0.2, 0) is 24.3 Å². The van der Waals surface area contributed by atoms with Crippen molar-refractivity contribution in [3.8, 4) is 5.75 Å². The van der Waals surface area contributed by atoms with Crippen molar-refractivity contribution in [2.45, 2.75) is 17.7 Å². The van der Waals surface area contributed by atoms with Gasteiger partial charge in [0.05, 0.1) is 18.1 Å². The summed E-state index contributed by atoms with van der Waals surface area (Å²) < 4.78 is 37.2. The molecular formula is C23H27N3O7S. The molecule has 0 aromatic heterocycles. The number of carbonyl (C=O) groups excluding carboxylic acids is 2. The maximum Gasteiger partial charge on any atom is 0.342 e. The fraction of sp³-hybridized carbons (Fsp3) is 0.391. The second-order valence-electron chi connectivity index (χ2n) is 8.06. The van der Waals surface area contributed by atoms with Crippen molar-refractivity contribution in [2.75, 3.05) is 56.2 Å². The molecule has 2 heterocycles. The van der Waals surface area contributed by atoms with Crippen LogP contribution in [0.3, 0.4) is 0 Å². The largest absolute Gasteiger partial charge is 0.507 e. The number of nitrogens with one attached hydrogen (secondary N) is 1. The van der Waals surface area contributed by atoms with Crippen molar-refractivity contribution in [3.63, 3.8) is 0 Å². The Hall–Kier alpha value is -3.15. The highest BCUT2D eigenvalue weighted by molar-refractivity contribution is 7.89. The molecule has 0 unspecified atom stereocenters. The Kier molecular flexibility index (Phi) is 7.35. The maximum atomic E-state index is 12.7. The minimum Gasteiger partial charge on any atom is -0.507 e. The van der Waals surface area contributed by atoms with Gasteiger partial charge < -0.3 is 24.8 Å². The molecule has 11 heteroatoms. The molecule has 2 fully saturated rings. The van der Waals surface area contributed by atoms with E-state index in [1.165, 1.54) is 10.4 Å². The molecule has 2 aliphatic heterocycles. The molecule has 2 saturated heterocycles. The van der Waals surface area contributed by atoms with Crippen molar-refractivity contribution >= 4 is 33.3 Å². The summed E-state index contributed by atoms with van der Waals surface area (Å²) in [4.78, 5) is 26.8. The van der Waals surface area contributed by atoms with E-state index in [2.05, 4.69) is 10.2 Å². The smallest absolute Gasteiger partial charge is 0.342 e. The van der Waals surface area contributed by atoms with E-state index in [1.807, 2.05) is 12.1 Å². The summed E-state index contributed by atoms with van der Waals surface area (Å²) in [5.41, 5.74) is 1.24. The van der Waals surface area contributed by atoms with Crippen LogP contribution in [0.2, 0.25) is 0 Å². The second kappa shape index (κ2) is 10.4. The normalized spacial score (nSPS) is 16.9. The maximum absolute atomic E-state index is 12.7. The molecule has 0 atom stereocenters. The van der Waals surface area contributed by atoms with Crippen molar-refractivity contribution in [1.29, 1.82) is 0 Å². The van der Waals surface area contributed by atoms with Gasteiger partial charge in [0, 0.05) is 37.6 Å². The monoisotopic (exact) mass is 489 g/mol. The summed E-state index contributed by atoms with van der Waals surface area (Å²) in [7, 11) is -3.77. The van der Waals surface area contributed by atoms with Gasteiger partial charge in [-0.15, -0.1) is 0 Å². The van der Waals surface area contributed by atoms with Crippen LogP contribution in [0.25, 0.3) is 0 Å². The molecule has 10 nitrogen and oxygen atoms in total. The molecule has 182 valence electrons. The molecule has 2 N–H and O–H groups in total. The van der Waals surface area contributed by atoms with Crippen LogP contribution >= 0.6 is 0 Å². The van der Waals surface area contributed by atoms with E-state index in [4.69, 9.17) is 9.47 Å². The van der Waals surface area contributed by atoms with E-state index in [-0.39, 0.29) is 10.5 Å². The Morgan fingerprint density at radius 3 is 2.35 bits per heavy atom. The third kappa shape index (κ3) is 5.49. The van der Waals surface area contributed by atoms with E-state index in [0.29, 0.717) is 32.0 Å². The standard InChI is InChI=1S/C23H27N3O7S/c27-21-8-7-19(34(30,31)26-9-1-2-10-26)15-20(21)23(29)33-16-22(28)24-17-3-5-18(6-4-17)25-11-13-32-14-12-25/h3-8,15,27H,1-2,9-14,16H2,(H,24,28). The number of aromatic hydroxyl groups is 1. The zero-order chi connectivity index (χ0) is 24.1. The molecule has 34 heavy (non-hydrogen) atoms. The van der Waals surface area contributed by atoms with Crippen LogP contribution in [0.1, 0.15) is 23.2 Å². The lowest BCUT2D eigenvalue weighted by atomic mass is 10.2. The third-order valence-corrected chi connectivity index (χ3v) is 7.65. The van der Waals surface area contributed by atoms with Crippen LogP contribution < -0.4 is 10.2 Å². The first-order valence-corrected chi connectivity index (χ1v) is 12.5. The summed E-state index contributed by atoms with van der Waals surface area (Å²) in [6.45, 7) is 3.18. The van der Waals surface area contributed by atoms with Gasteiger partial charge in [-0.2, -0.15) is 4.31 Å². The Balaban J connectivity index is 1.34. The predicted octanol–water partition coefficient (Wildman–Crippen LogP) is 1.81.